The van der Waals surface area contributed by atoms with Crippen LogP contribution in [0.2, 0.25) is 0 Å². The summed E-state index contributed by atoms with van der Waals surface area (Å²) in [6, 6.07) is 7.60. The molecule has 3 nitrogen and oxygen atoms in total. The Labute approximate surface area is 111 Å². The monoisotopic (exact) mass is 298 g/mol. The van der Waals surface area contributed by atoms with Gasteiger partial charge in [-0.15, -0.1) is 0 Å². The van der Waals surface area contributed by atoms with Gasteiger partial charge in [-0.05, 0) is 52.2 Å². The van der Waals surface area contributed by atoms with Gasteiger partial charge < -0.3 is 10.2 Å². The molecule has 0 radical (unpaired) electrons. The van der Waals surface area contributed by atoms with Crippen molar-refractivity contribution >= 4 is 21.8 Å². The summed E-state index contributed by atoms with van der Waals surface area (Å²) >= 11 is 3.36. The molecule has 0 aromatic heterocycles. The zero-order valence-corrected chi connectivity index (χ0v) is 12.1. The number of rotatable bonds is 5. The first kappa shape index (κ1) is 14.2. The highest BCUT2D eigenvalue weighted by molar-refractivity contribution is 9.10. The van der Waals surface area contributed by atoms with Gasteiger partial charge in [0.05, 0.1) is 0 Å². The second kappa shape index (κ2) is 6.77. The number of hydrogen-bond donors (Lipinski definition) is 1. The topological polar surface area (TPSA) is 32.3 Å². The van der Waals surface area contributed by atoms with E-state index in [1.54, 1.807) is 0 Å². The summed E-state index contributed by atoms with van der Waals surface area (Å²) in [5.74, 6) is -0.0162. The van der Waals surface area contributed by atoms with Crippen LogP contribution in [-0.4, -0.2) is 37.5 Å². The average molecular weight is 299 g/mol. The molecule has 0 aliphatic heterocycles. The molecule has 94 valence electrons. The zero-order valence-electron chi connectivity index (χ0n) is 10.5. The lowest BCUT2D eigenvalue weighted by atomic mass is 10.2. The summed E-state index contributed by atoms with van der Waals surface area (Å²) in [4.78, 5) is 14.0. The summed E-state index contributed by atoms with van der Waals surface area (Å²) in [6.45, 7) is 3.00. The highest BCUT2D eigenvalue weighted by Gasteiger charge is 2.09. The van der Waals surface area contributed by atoms with Crippen molar-refractivity contribution in [3.05, 3.63) is 34.3 Å². The molecule has 4 heteroatoms. The maximum Gasteiger partial charge on any atom is 0.251 e. The van der Waals surface area contributed by atoms with Crippen LogP contribution in [0, 0.1) is 0 Å². The number of hydrogen-bond acceptors (Lipinski definition) is 2. The molecule has 1 N–H and O–H groups in total. The van der Waals surface area contributed by atoms with E-state index in [-0.39, 0.29) is 11.9 Å². The number of nitrogens with one attached hydrogen (secondary N) is 1. The third-order valence-corrected chi connectivity index (χ3v) is 2.97. The molecular formula is C13H19BrN2O. The Hall–Kier alpha value is -0.870. The largest absolute Gasteiger partial charge is 0.350 e. The quantitative estimate of drug-likeness (QED) is 0.906. The fraction of sp³-hybridized carbons (Fsp3) is 0.462. The van der Waals surface area contributed by atoms with E-state index in [0.717, 1.165) is 17.4 Å². The third kappa shape index (κ3) is 5.33. The van der Waals surface area contributed by atoms with E-state index < -0.39 is 0 Å². The molecule has 1 rings (SSSR count). The second-order valence-corrected chi connectivity index (χ2v) is 5.39. The summed E-state index contributed by atoms with van der Waals surface area (Å²) in [5, 5.41) is 2.99. The van der Waals surface area contributed by atoms with Crippen LogP contribution in [0.5, 0.6) is 0 Å². The summed E-state index contributed by atoms with van der Waals surface area (Å²) in [5.41, 5.74) is 0.691. The summed E-state index contributed by atoms with van der Waals surface area (Å²) in [7, 11) is 4.06. The standard InChI is InChI=1S/C13H19BrN2O/c1-10(7-8-16(2)3)15-13(17)11-5-4-6-12(14)9-11/h4-6,9-10H,7-8H2,1-3H3,(H,15,17). The van der Waals surface area contributed by atoms with Gasteiger partial charge in [0.2, 0.25) is 0 Å². The Morgan fingerprint density at radius 1 is 1.47 bits per heavy atom. The van der Waals surface area contributed by atoms with Gasteiger partial charge >= 0.3 is 0 Å². The number of amides is 1. The first-order chi connectivity index (χ1) is 7.99. The van der Waals surface area contributed by atoms with Crippen LogP contribution in [0.1, 0.15) is 23.7 Å². The fourth-order valence-electron chi connectivity index (χ4n) is 1.46. The van der Waals surface area contributed by atoms with Gasteiger partial charge in [0.25, 0.3) is 5.91 Å². The highest BCUT2D eigenvalue weighted by Crippen LogP contribution is 2.11. The summed E-state index contributed by atoms with van der Waals surface area (Å²) in [6.07, 6.45) is 0.951. The van der Waals surface area contributed by atoms with Crippen LogP contribution >= 0.6 is 15.9 Å². The molecule has 0 bridgehead atoms. The van der Waals surface area contributed by atoms with Crippen LogP contribution in [0.3, 0.4) is 0 Å². The fourth-order valence-corrected chi connectivity index (χ4v) is 1.86. The smallest absolute Gasteiger partial charge is 0.251 e. The zero-order chi connectivity index (χ0) is 12.8. The molecule has 1 amide bonds. The second-order valence-electron chi connectivity index (χ2n) is 4.48. The van der Waals surface area contributed by atoms with Gasteiger partial charge in [-0.25, -0.2) is 0 Å². The van der Waals surface area contributed by atoms with Crippen LogP contribution < -0.4 is 5.32 Å². The molecule has 0 heterocycles. The average Bonchev–Trinajstić information content (AvgIpc) is 2.26. The number of carbonyl (C=O) groups is 1. The van der Waals surface area contributed by atoms with E-state index in [9.17, 15) is 4.79 Å². The maximum absolute atomic E-state index is 11.9. The first-order valence-corrected chi connectivity index (χ1v) is 6.49. The molecule has 17 heavy (non-hydrogen) atoms. The summed E-state index contributed by atoms with van der Waals surface area (Å²) < 4.78 is 0.922. The Morgan fingerprint density at radius 3 is 2.76 bits per heavy atom. The van der Waals surface area contributed by atoms with Crippen LogP contribution in [0.15, 0.2) is 28.7 Å². The predicted molar refractivity (Wildman–Crippen MR) is 74.2 cm³/mol. The molecule has 0 saturated heterocycles. The molecule has 0 saturated carbocycles. The lowest BCUT2D eigenvalue weighted by Gasteiger charge is -2.16. The first-order valence-electron chi connectivity index (χ1n) is 5.70. The van der Waals surface area contributed by atoms with Crippen LogP contribution in [0.4, 0.5) is 0 Å². The molecule has 0 fully saturated rings. The number of nitrogens with zero attached hydrogens (tertiary/aromatic N) is 1. The van der Waals surface area contributed by atoms with Crippen molar-refractivity contribution in [1.29, 1.82) is 0 Å². The SMILES string of the molecule is CC(CCN(C)C)NC(=O)c1cccc(Br)c1. The van der Waals surface area contributed by atoms with Gasteiger partial charge in [-0.1, -0.05) is 22.0 Å². The Kier molecular flexibility index (Phi) is 5.65. The molecule has 0 spiro atoms. The van der Waals surface area contributed by atoms with E-state index in [2.05, 4.69) is 26.1 Å². The Morgan fingerprint density at radius 2 is 2.18 bits per heavy atom. The molecular weight excluding hydrogens is 280 g/mol. The minimum atomic E-state index is -0.0162. The van der Waals surface area contributed by atoms with E-state index in [0.29, 0.717) is 5.56 Å². The lowest BCUT2D eigenvalue weighted by Crippen LogP contribution is -2.34. The molecule has 1 unspecified atom stereocenters. The predicted octanol–water partition coefficient (Wildman–Crippen LogP) is 2.52. The number of benzene rings is 1. The van der Waals surface area contributed by atoms with Crippen molar-refractivity contribution in [2.75, 3.05) is 20.6 Å². The van der Waals surface area contributed by atoms with Crippen molar-refractivity contribution in [3.63, 3.8) is 0 Å². The van der Waals surface area contributed by atoms with Crippen molar-refractivity contribution in [2.45, 2.75) is 19.4 Å². The molecule has 1 aromatic rings. The Bertz CT molecular complexity index is 379. The molecule has 0 aliphatic carbocycles. The van der Waals surface area contributed by atoms with E-state index in [1.165, 1.54) is 0 Å². The minimum Gasteiger partial charge on any atom is -0.350 e. The van der Waals surface area contributed by atoms with Gasteiger partial charge in [0.15, 0.2) is 0 Å². The van der Waals surface area contributed by atoms with Crippen molar-refractivity contribution in [2.24, 2.45) is 0 Å². The highest BCUT2D eigenvalue weighted by atomic mass is 79.9. The van der Waals surface area contributed by atoms with E-state index >= 15 is 0 Å². The van der Waals surface area contributed by atoms with Gasteiger partial charge in [0.1, 0.15) is 0 Å². The minimum absolute atomic E-state index is 0.0162. The molecule has 0 aliphatic rings. The number of halogens is 1. The van der Waals surface area contributed by atoms with Crippen molar-refractivity contribution in [1.82, 2.24) is 10.2 Å². The number of carbonyl (C=O) groups excluding carboxylic acids is 1. The maximum atomic E-state index is 11.9. The molecule has 1 aromatic carbocycles. The van der Waals surface area contributed by atoms with E-state index in [4.69, 9.17) is 0 Å². The van der Waals surface area contributed by atoms with Gasteiger partial charge in [-0.3, -0.25) is 4.79 Å². The normalized spacial score (nSPS) is 12.5. The van der Waals surface area contributed by atoms with Crippen LogP contribution in [0.25, 0.3) is 0 Å². The van der Waals surface area contributed by atoms with Gasteiger partial charge in [0, 0.05) is 16.1 Å². The Balaban J connectivity index is 2.49. The van der Waals surface area contributed by atoms with Crippen LogP contribution in [-0.2, 0) is 0 Å². The van der Waals surface area contributed by atoms with Crippen molar-refractivity contribution < 1.29 is 4.79 Å². The third-order valence-electron chi connectivity index (χ3n) is 2.47. The van der Waals surface area contributed by atoms with E-state index in [1.807, 2.05) is 45.3 Å². The van der Waals surface area contributed by atoms with Gasteiger partial charge in [-0.2, -0.15) is 0 Å². The van der Waals surface area contributed by atoms with Crippen molar-refractivity contribution in [3.8, 4) is 0 Å². The molecule has 1 atom stereocenters. The lowest BCUT2D eigenvalue weighted by molar-refractivity contribution is 0.0936.